The van der Waals surface area contributed by atoms with Gasteiger partial charge in [-0.1, -0.05) is 54.1 Å². The zero-order chi connectivity index (χ0) is 26.3. The number of nitrogens with one attached hydrogen (secondary N) is 1. The van der Waals surface area contributed by atoms with Gasteiger partial charge in [-0.05, 0) is 55.0 Å². The summed E-state index contributed by atoms with van der Waals surface area (Å²) in [5, 5.41) is 10.1. The van der Waals surface area contributed by atoms with E-state index < -0.39 is 40.6 Å². The number of benzene rings is 3. The van der Waals surface area contributed by atoms with Gasteiger partial charge in [-0.3, -0.25) is 4.79 Å². The van der Waals surface area contributed by atoms with Gasteiger partial charge in [0.1, 0.15) is 16.6 Å². The highest BCUT2D eigenvalue weighted by atomic mass is 35.5. The lowest BCUT2D eigenvalue weighted by Gasteiger charge is -2.20. The minimum atomic E-state index is -3.49. The van der Waals surface area contributed by atoms with Crippen LogP contribution in [0.15, 0.2) is 70.6 Å². The van der Waals surface area contributed by atoms with Crippen molar-refractivity contribution in [2.24, 2.45) is 0 Å². The van der Waals surface area contributed by atoms with Crippen LogP contribution in [0.1, 0.15) is 45.8 Å². The third kappa shape index (κ3) is 4.98. The number of nitrogens with zero attached hydrogens (tertiary/aromatic N) is 2. The molecular weight excluding hydrogens is 523 g/mol. The molecule has 3 aromatic carbocycles. The molecule has 0 radical (unpaired) electrons. The summed E-state index contributed by atoms with van der Waals surface area (Å²) in [4.78, 5) is 13.2. The summed E-state index contributed by atoms with van der Waals surface area (Å²) in [6.07, 6.45) is 1.69. The number of alkyl halides is 2. The van der Waals surface area contributed by atoms with Gasteiger partial charge < -0.3 is 5.32 Å². The summed E-state index contributed by atoms with van der Waals surface area (Å²) >= 11 is 6.03. The van der Waals surface area contributed by atoms with E-state index in [9.17, 15) is 9.00 Å². The van der Waals surface area contributed by atoms with Crippen LogP contribution in [0.2, 0.25) is 5.02 Å². The van der Waals surface area contributed by atoms with Crippen LogP contribution >= 0.6 is 11.6 Å². The van der Waals surface area contributed by atoms with Crippen molar-refractivity contribution in [2.45, 2.75) is 41.5 Å². The van der Waals surface area contributed by atoms with Crippen LogP contribution in [0.3, 0.4) is 0 Å². The molecule has 1 aliphatic carbocycles. The topological polar surface area (TPSA) is 72.0 Å². The number of rotatable bonds is 7. The van der Waals surface area contributed by atoms with Crippen LogP contribution in [0.25, 0.3) is 10.9 Å². The van der Waals surface area contributed by atoms with E-state index in [0.29, 0.717) is 16.6 Å². The van der Waals surface area contributed by atoms with Gasteiger partial charge in [0, 0.05) is 10.9 Å². The van der Waals surface area contributed by atoms with Gasteiger partial charge in [0.25, 0.3) is 11.8 Å². The molecular formula is C27H21ClF3N3O2S. The lowest BCUT2D eigenvalue weighted by molar-refractivity contribution is -0.00239. The van der Waals surface area contributed by atoms with Gasteiger partial charge in [0.05, 0.1) is 27.5 Å². The molecule has 10 heteroatoms. The van der Waals surface area contributed by atoms with Crippen LogP contribution in [-0.2, 0) is 16.7 Å². The van der Waals surface area contributed by atoms with Gasteiger partial charge in [0.15, 0.2) is 5.03 Å². The highest BCUT2D eigenvalue weighted by Crippen LogP contribution is 2.42. The van der Waals surface area contributed by atoms with Crippen molar-refractivity contribution < 1.29 is 22.2 Å². The second kappa shape index (κ2) is 9.87. The molecule has 1 aliphatic rings. The minimum absolute atomic E-state index is 0.0678. The van der Waals surface area contributed by atoms with Crippen molar-refractivity contribution in [3.63, 3.8) is 0 Å². The van der Waals surface area contributed by atoms with Crippen LogP contribution in [0, 0.1) is 12.7 Å². The number of aryl methyl sites for hydroxylation is 1. The Hall–Kier alpha value is -3.30. The zero-order valence-corrected chi connectivity index (χ0v) is 21.2. The smallest absolute Gasteiger partial charge is 0.291 e. The molecule has 4 aromatic rings. The Morgan fingerprint density at radius 1 is 1.11 bits per heavy atom. The Labute approximate surface area is 218 Å². The van der Waals surface area contributed by atoms with E-state index in [1.165, 1.54) is 24.3 Å². The van der Waals surface area contributed by atoms with E-state index in [4.69, 9.17) is 11.6 Å². The third-order valence-electron chi connectivity index (χ3n) is 6.24. The molecule has 37 heavy (non-hydrogen) atoms. The number of carbonyl (C=O) groups excluding carboxylic acids is 1. The Balaban J connectivity index is 1.52. The summed E-state index contributed by atoms with van der Waals surface area (Å²) in [5.41, 5.74) is 0.841. The molecule has 5 rings (SSSR count). The van der Waals surface area contributed by atoms with Gasteiger partial charge in [0.2, 0.25) is 0 Å². The number of fused-ring (bicyclic) bond motifs is 1. The number of amides is 1. The van der Waals surface area contributed by atoms with Gasteiger partial charge in [-0.25, -0.2) is 8.60 Å². The zero-order valence-electron chi connectivity index (χ0n) is 19.6. The van der Waals surface area contributed by atoms with Crippen LogP contribution in [0.4, 0.5) is 13.2 Å². The molecule has 1 unspecified atom stereocenters. The highest BCUT2D eigenvalue weighted by molar-refractivity contribution is 7.85. The van der Waals surface area contributed by atoms with E-state index in [0.717, 1.165) is 12.8 Å². The molecule has 1 amide bonds. The number of carbonyl (C=O) groups is 1. The van der Waals surface area contributed by atoms with E-state index in [1.807, 2.05) is 0 Å². The second-order valence-corrected chi connectivity index (χ2v) is 10.7. The largest absolute Gasteiger partial charge is 0.345 e. The normalized spacial score (nSPS) is 14.5. The summed E-state index contributed by atoms with van der Waals surface area (Å²) in [6.45, 7) is 0.658. The van der Waals surface area contributed by atoms with Crippen LogP contribution in [0.5, 0.6) is 0 Å². The van der Waals surface area contributed by atoms with Crippen molar-refractivity contribution in [3.8, 4) is 0 Å². The van der Waals surface area contributed by atoms with E-state index >= 15 is 13.2 Å². The summed E-state index contributed by atoms with van der Waals surface area (Å²) in [7, 11) is -2.23. The quantitative estimate of drug-likeness (QED) is 0.297. The summed E-state index contributed by atoms with van der Waals surface area (Å²) in [5.74, 6) is -4.97. The lowest BCUT2D eigenvalue weighted by atomic mass is 10.1. The summed E-state index contributed by atoms with van der Waals surface area (Å²) < 4.78 is 58.8. The van der Waals surface area contributed by atoms with E-state index in [2.05, 4.69) is 15.5 Å². The fraction of sp³-hybridized carbons (Fsp3) is 0.222. The average Bonchev–Trinajstić information content (AvgIpc) is 3.71. The standard InChI is InChI=1S/C27H21ClF3N3O2S/c1-15-9-12-19(20(28)13-15)27(30,31)14-32-25(35)23-18-5-2-3-7-21(18)33-34-26(23)37(36)22-8-4-6-17(24(22)29)16-10-11-16/h2-9,12-13,16H,10-11,14H2,1H3,(H,32,35). The maximum absolute atomic E-state index is 15.3. The van der Waals surface area contributed by atoms with Crippen molar-refractivity contribution in [1.29, 1.82) is 0 Å². The van der Waals surface area contributed by atoms with Crippen molar-refractivity contribution >= 4 is 39.2 Å². The predicted molar refractivity (Wildman–Crippen MR) is 135 cm³/mol. The van der Waals surface area contributed by atoms with Crippen molar-refractivity contribution in [3.05, 3.63) is 93.8 Å². The van der Waals surface area contributed by atoms with Crippen molar-refractivity contribution in [2.75, 3.05) is 6.54 Å². The van der Waals surface area contributed by atoms with E-state index in [1.54, 1.807) is 43.3 Å². The lowest BCUT2D eigenvalue weighted by Crippen LogP contribution is -2.36. The number of hydrogen-bond acceptors (Lipinski definition) is 4. The Kier molecular flexibility index (Phi) is 6.76. The number of halogens is 4. The first kappa shape index (κ1) is 25.4. The highest BCUT2D eigenvalue weighted by Gasteiger charge is 2.36. The van der Waals surface area contributed by atoms with Gasteiger partial charge in [-0.2, -0.15) is 8.78 Å². The van der Waals surface area contributed by atoms with Crippen LogP contribution < -0.4 is 5.32 Å². The van der Waals surface area contributed by atoms with E-state index in [-0.39, 0.29) is 31.8 Å². The fourth-order valence-electron chi connectivity index (χ4n) is 4.16. The number of hydrogen-bond donors (Lipinski definition) is 1. The Morgan fingerprint density at radius 3 is 2.59 bits per heavy atom. The molecule has 0 spiro atoms. The van der Waals surface area contributed by atoms with Crippen molar-refractivity contribution in [1.82, 2.24) is 15.5 Å². The molecule has 1 aromatic heterocycles. The maximum atomic E-state index is 15.3. The summed E-state index contributed by atoms with van der Waals surface area (Å²) in [6, 6.07) is 15.2. The fourth-order valence-corrected chi connectivity index (χ4v) is 5.73. The first-order valence-corrected chi connectivity index (χ1v) is 13.1. The molecule has 5 nitrogen and oxygen atoms in total. The minimum Gasteiger partial charge on any atom is -0.345 e. The molecule has 1 saturated carbocycles. The molecule has 0 saturated heterocycles. The van der Waals surface area contributed by atoms with Gasteiger partial charge in [-0.15, -0.1) is 10.2 Å². The molecule has 0 aliphatic heterocycles. The van der Waals surface area contributed by atoms with Crippen LogP contribution in [-0.4, -0.2) is 26.9 Å². The maximum Gasteiger partial charge on any atom is 0.291 e. The third-order valence-corrected chi connectivity index (χ3v) is 7.90. The molecule has 1 heterocycles. The Bertz CT molecular complexity index is 1560. The molecule has 190 valence electrons. The molecule has 0 bridgehead atoms. The monoisotopic (exact) mass is 543 g/mol. The molecule has 1 N–H and O–H groups in total. The Morgan fingerprint density at radius 2 is 1.86 bits per heavy atom. The number of aromatic nitrogens is 2. The van der Waals surface area contributed by atoms with Gasteiger partial charge >= 0.3 is 0 Å². The molecule has 1 atom stereocenters. The average molecular weight is 544 g/mol. The first-order chi connectivity index (χ1) is 17.7. The predicted octanol–water partition coefficient (Wildman–Crippen LogP) is 6.30. The molecule has 1 fully saturated rings. The first-order valence-electron chi connectivity index (χ1n) is 11.6. The SMILES string of the molecule is Cc1ccc(C(F)(F)CNC(=O)c2c(S(=O)c3cccc(C4CC4)c3F)nnc3ccccc23)c(Cl)c1. The second-order valence-electron chi connectivity index (χ2n) is 8.97.